The van der Waals surface area contributed by atoms with Crippen molar-refractivity contribution in [1.82, 2.24) is 0 Å². The van der Waals surface area contributed by atoms with E-state index in [9.17, 15) is 22.0 Å². The SMILES string of the molecule is C=C(CCl)COc1c(F)c(F)c(F)c(F)c1F. The predicted octanol–water partition coefficient (Wildman–Crippen LogP) is 3.56. The van der Waals surface area contributed by atoms with E-state index in [4.69, 9.17) is 11.6 Å². The van der Waals surface area contributed by atoms with E-state index in [0.717, 1.165) is 0 Å². The molecular formula is C10H6ClF5O. The van der Waals surface area contributed by atoms with Gasteiger partial charge in [0.1, 0.15) is 6.61 Å². The molecule has 0 N–H and O–H groups in total. The van der Waals surface area contributed by atoms with E-state index in [0.29, 0.717) is 0 Å². The van der Waals surface area contributed by atoms with Crippen molar-refractivity contribution in [2.75, 3.05) is 12.5 Å². The van der Waals surface area contributed by atoms with Gasteiger partial charge in [0.2, 0.25) is 29.1 Å². The summed E-state index contributed by atoms with van der Waals surface area (Å²) in [6, 6.07) is 0. The number of halogens is 6. The minimum absolute atomic E-state index is 0.0601. The molecule has 0 fully saturated rings. The van der Waals surface area contributed by atoms with Crippen molar-refractivity contribution in [2.45, 2.75) is 0 Å². The highest BCUT2D eigenvalue weighted by Crippen LogP contribution is 2.29. The van der Waals surface area contributed by atoms with E-state index in [-0.39, 0.29) is 11.5 Å². The average molecular weight is 273 g/mol. The van der Waals surface area contributed by atoms with Gasteiger partial charge in [0, 0.05) is 5.88 Å². The molecule has 0 aliphatic rings. The minimum Gasteiger partial charge on any atom is -0.483 e. The molecule has 0 atom stereocenters. The molecule has 0 saturated heterocycles. The van der Waals surface area contributed by atoms with Crippen LogP contribution < -0.4 is 4.74 Å². The van der Waals surface area contributed by atoms with Gasteiger partial charge >= 0.3 is 0 Å². The third-order valence-corrected chi connectivity index (χ3v) is 2.16. The second-order valence-electron chi connectivity index (χ2n) is 3.07. The fourth-order valence-electron chi connectivity index (χ4n) is 0.924. The Hall–Kier alpha value is -1.30. The summed E-state index contributed by atoms with van der Waals surface area (Å²) >= 11 is 5.31. The maximum Gasteiger partial charge on any atom is 0.207 e. The van der Waals surface area contributed by atoms with Gasteiger partial charge < -0.3 is 4.74 Å². The zero-order chi connectivity index (χ0) is 13.2. The summed E-state index contributed by atoms with van der Waals surface area (Å²) in [5.74, 6) is -11.8. The van der Waals surface area contributed by atoms with E-state index in [1.807, 2.05) is 0 Å². The monoisotopic (exact) mass is 272 g/mol. The average Bonchev–Trinajstić information content (AvgIpc) is 2.33. The van der Waals surface area contributed by atoms with Crippen LogP contribution in [0.25, 0.3) is 0 Å². The Kier molecular flexibility index (Phi) is 4.34. The molecule has 1 aromatic rings. The smallest absolute Gasteiger partial charge is 0.207 e. The van der Waals surface area contributed by atoms with Gasteiger partial charge in [0.25, 0.3) is 0 Å². The van der Waals surface area contributed by atoms with Crippen LogP contribution in [-0.2, 0) is 0 Å². The molecule has 0 spiro atoms. The lowest BCUT2D eigenvalue weighted by atomic mass is 10.2. The molecule has 0 aromatic heterocycles. The molecule has 0 aliphatic carbocycles. The van der Waals surface area contributed by atoms with Crippen LogP contribution in [0.15, 0.2) is 12.2 Å². The van der Waals surface area contributed by atoms with E-state index < -0.39 is 41.4 Å². The van der Waals surface area contributed by atoms with Crippen molar-refractivity contribution < 1.29 is 26.7 Å². The van der Waals surface area contributed by atoms with Crippen molar-refractivity contribution in [3.8, 4) is 5.75 Å². The van der Waals surface area contributed by atoms with Crippen LogP contribution in [0, 0.1) is 29.1 Å². The van der Waals surface area contributed by atoms with Crippen LogP contribution >= 0.6 is 11.6 Å². The van der Waals surface area contributed by atoms with Crippen molar-refractivity contribution in [3.63, 3.8) is 0 Å². The lowest BCUT2D eigenvalue weighted by Crippen LogP contribution is -2.09. The van der Waals surface area contributed by atoms with Crippen molar-refractivity contribution in [3.05, 3.63) is 41.2 Å². The Balaban J connectivity index is 3.12. The Bertz CT molecular complexity index is 431. The standard InChI is InChI=1S/C10H6ClF5O/c1-4(2-11)3-17-10-8(15)6(13)5(12)7(14)9(10)16/h1-3H2. The minimum atomic E-state index is -2.23. The fraction of sp³-hybridized carbons (Fsp3) is 0.200. The van der Waals surface area contributed by atoms with Gasteiger partial charge in [-0.3, -0.25) is 0 Å². The van der Waals surface area contributed by atoms with Crippen LogP contribution in [0.5, 0.6) is 5.75 Å². The summed E-state index contributed by atoms with van der Waals surface area (Å²) in [6.45, 7) is 2.90. The summed E-state index contributed by atoms with van der Waals surface area (Å²) in [7, 11) is 0. The zero-order valence-corrected chi connectivity index (χ0v) is 9.05. The molecule has 0 radical (unpaired) electrons. The van der Waals surface area contributed by atoms with Gasteiger partial charge in [-0.15, -0.1) is 11.6 Å². The van der Waals surface area contributed by atoms with E-state index in [1.54, 1.807) is 0 Å². The largest absolute Gasteiger partial charge is 0.483 e. The van der Waals surface area contributed by atoms with E-state index in [2.05, 4.69) is 11.3 Å². The summed E-state index contributed by atoms with van der Waals surface area (Å²) in [5.41, 5.74) is 0.232. The van der Waals surface area contributed by atoms with Crippen molar-refractivity contribution in [1.29, 1.82) is 0 Å². The quantitative estimate of drug-likeness (QED) is 0.268. The second kappa shape index (κ2) is 5.35. The maximum absolute atomic E-state index is 13.0. The Labute approximate surface area is 98.4 Å². The van der Waals surface area contributed by atoms with Gasteiger partial charge in [-0.05, 0) is 5.57 Å². The molecule has 1 rings (SSSR count). The number of rotatable bonds is 4. The topological polar surface area (TPSA) is 9.23 Å². The van der Waals surface area contributed by atoms with Gasteiger partial charge in [-0.25, -0.2) is 13.2 Å². The predicted molar refractivity (Wildman–Crippen MR) is 51.6 cm³/mol. The molecule has 0 bridgehead atoms. The number of benzene rings is 1. The molecule has 0 amide bonds. The van der Waals surface area contributed by atoms with Crippen LogP contribution in [0.4, 0.5) is 22.0 Å². The van der Waals surface area contributed by atoms with Crippen molar-refractivity contribution in [2.24, 2.45) is 0 Å². The molecule has 0 saturated carbocycles. The third kappa shape index (κ3) is 2.69. The number of ether oxygens (including phenoxy) is 1. The molecule has 1 nitrogen and oxygen atoms in total. The zero-order valence-electron chi connectivity index (χ0n) is 8.30. The van der Waals surface area contributed by atoms with E-state index in [1.165, 1.54) is 0 Å². The van der Waals surface area contributed by atoms with E-state index >= 15 is 0 Å². The first-order valence-electron chi connectivity index (χ1n) is 4.27. The lowest BCUT2D eigenvalue weighted by molar-refractivity contribution is 0.282. The van der Waals surface area contributed by atoms with Gasteiger partial charge in [0.15, 0.2) is 5.75 Å². The van der Waals surface area contributed by atoms with Crippen LogP contribution in [0.2, 0.25) is 0 Å². The van der Waals surface area contributed by atoms with Crippen LogP contribution in [0.3, 0.4) is 0 Å². The molecule has 7 heteroatoms. The first-order chi connectivity index (χ1) is 7.90. The number of alkyl halides is 1. The summed E-state index contributed by atoms with van der Waals surface area (Å²) < 4.78 is 68.6. The molecule has 0 aliphatic heterocycles. The van der Waals surface area contributed by atoms with Gasteiger partial charge in [0.05, 0.1) is 0 Å². The lowest BCUT2D eigenvalue weighted by Gasteiger charge is -2.10. The summed E-state index contributed by atoms with van der Waals surface area (Å²) in [5, 5.41) is 0. The molecule has 17 heavy (non-hydrogen) atoms. The summed E-state index contributed by atoms with van der Waals surface area (Å²) in [4.78, 5) is 0. The van der Waals surface area contributed by atoms with Gasteiger partial charge in [-0.1, -0.05) is 6.58 Å². The molecule has 0 unspecified atom stereocenters. The third-order valence-electron chi connectivity index (χ3n) is 1.78. The highest BCUT2D eigenvalue weighted by atomic mass is 35.5. The number of hydrogen-bond acceptors (Lipinski definition) is 1. The highest BCUT2D eigenvalue weighted by Gasteiger charge is 2.26. The number of hydrogen-bond donors (Lipinski definition) is 0. The molecule has 94 valence electrons. The highest BCUT2D eigenvalue weighted by molar-refractivity contribution is 6.19. The van der Waals surface area contributed by atoms with Crippen LogP contribution in [-0.4, -0.2) is 12.5 Å². The molecule has 0 heterocycles. The van der Waals surface area contributed by atoms with Gasteiger partial charge in [-0.2, -0.15) is 8.78 Å². The normalized spacial score (nSPS) is 10.5. The first kappa shape index (κ1) is 13.8. The summed E-state index contributed by atoms with van der Waals surface area (Å²) in [6.07, 6.45) is 0. The fourth-order valence-corrected chi connectivity index (χ4v) is 1.00. The Morgan fingerprint density at radius 1 is 0.941 bits per heavy atom. The van der Waals surface area contributed by atoms with Crippen LogP contribution in [0.1, 0.15) is 0 Å². The maximum atomic E-state index is 13.0. The second-order valence-corrected chi connectivity index (χ2v) is 3.34. The molecule has 1 aromatic carbocycles. The molecular weight excluding hydrogens is 267 g/mol. The van der Waals surface area contributed by atoms with Crippen molar-refractivity contribution >= 4 is 11.6 Å². The Morgan fingerprint density at radius 2 is 1.35 bits per heavy atom. The first-order valence-corrected chi connectivity index (χ1v) is 4.80. The Morgan fingerprint density at radius 3 is 1.76 bits per heavy atom.